The van der Waals surface area contributed by atoms with Gasteiger partial charge >= 0.3 is 5.69 Å². The van der Waals surface area contributed by atoms with Gasteiger partial charge in [0.1, 0.15) is 12.4 Å². The molecule has 1 aliphatic carbocycles. The molecule has 1 aliphatic rings. The second-order valence-corrected chi connectivity index (χ2v) is 6.16. The largest absolute Gasteiger partial charge is 0.346 e. The molecule has 0 spiro atoms. The van der Waals surface area contributed by atoms with Crippen molar-refractivity contribution in [1.82, 2.24) is 19.3 Å². The SMILES string of the molecule is O=C(Cn1nc(-c2cccnc2)n(C2CC2)c1=O)Nc1ccc(F)cc1. The Morgan fingerprint density at radius 2 is 2.00 bits per heavy atom. The van der Waals surface area contributed by atoms with Gasteiger partial charge in [-0.1, -0.05) is 0 Å². The van der Waals surface area contributed by atoms with Gasteiger partial charge in [0.05, 0.1) is 0 Å². The fourth-order valence-corrected chi connectivity index (χ4v) is 2.75. The van der Waals surface area contributed by atoms with E-state index in [9.17, 15) is 14.0 Å². The number of nitrogens with zero attached hydrogens (tertiary/aromatic N) is 4. The summed E-state index contributed by atoms with van der Waals surface area (Å²) in [6.07, 6.45) is 5.13. The van der Waals surface area contributed by atoms with E-state index in [0.717, 1.165) is 23.1 Å². The lowest BCUT2D eigenvalue weighted by Gasteiger charge is -2.04. The Bertz CT molecular complexity index is 991. The molecule has 2 heterocycles. The lowest BCUT2D eigenvalue weighted by Crippen LogP contribution is -2.30. The van der Waals surface area contributed by atoms with Crippen LogP contribution in [0.2, 0.25) is 0 Å². The van der Waals surface area contributed by atoms with Gasteiger partial charge in [-0.05, 0) is 49.2 Å². The van der Waals surface area contributed by atoms with Crippen molar-refractivity contribution in [2.24, 2.45) is 0 Å². The molecule has 1 amide bonds. The number of anilines is 1. The van der Waals surface area contributed by atoms with Crippen LogP contribution < -0.4 is 11.0 Å². The highest BCUT2D eigenvalue weighted by molar-refractivity contribution is 5.90. The first-order valence-electron chi connectivity index (χ1n) is 8.27. The van der Waals surface area contributed by atoms with Crippen LogP contribution in [-0.4, -0.2) is 25.2 Å². The molecule has 8 heteroatoms. The van der Waals surface area contributed by atoms with Gasteiger partial charge in [-0.3, -0.25) is 14.3 Å². The summed E-state index contributed by atoms with van der Waals surface area (Å²) in [5, 5.41) is 6.97. The summed E-state index contributed by atoms with van der Waals surface area (Å²) < 4.78 is 15.7. The van der Waals surface area contributed by atoms with Crippen LogP contribution in [0, 0.1) is 5.82 Å². The van der Waals surface area contributed by atoms with E-state index in [0.29, 0.717) is 11.5 Å². The minimum absolute atomic E-state index is 0.117. The number of benzene rings is 1. The molecule has 1 fully saturated rings. The predicted molar refractivity (Wildman–Crippen MR) is 93.0 cm³/mol. The first-order chi connectivity index (χ1) is 12.6. The van der Waals surface area contributed by atoms with Crippen molar-refractivity contribution in [3.8, 4) is 11.4 Å². The molecule has 0 atom stereocenters. The third-order valence-electron chi connectivity index (χ3n) is 4.12. The molecule has 0 radical (unpaired) electrons. The topological polar surface area (TPSA) is 81.8 Å². The Hall–Kier alpha value is -3.29. The van der Waals surface area contributed by atoms with Crippen LogP contribution in [0.25, 0.3) is 11.4 Å². The average molecular weight is 353 g/mol. The van der Waals surface area contributed by atoms with E-state index < -0.39 is 5.91 Å². The van der Waals surface area contributed by atoms with Crippen molar-refractivity contribution in [3.63, 3.8) is 0 Å². The maximum atomic E-state index is 12.9. The average Bonchev–Trinajstić information content (AvgIpc) is 3.43. The normalized spacial score (nSPS) is 13.6. The number of nitrogens with one attached hydrogen (secondary N) is 1. The number of carbonyl (C=O) groups excluding carboxylic acids is 1. The van der Waals surface area contributed by atoms with Crippen LogP contribution in [0.15, 0.2) is 53.6 Å². The second kappa shape index (κ2) is 6.55. The third-order valence-corrected chi connectivity index (χ3v) is 4.12. The molecule has 0 unspecified atom stereocenters. The molecule has 26 heavy (non-hydrogen) atoms. The minimum atomic E-state index is -0.406. The van der Waals surface area contributed by atoms with E-state index in [2.05, 4.69) is 15.4 Å². The van der Waals surface area contributed by atoms with Crippen LogP contribution in [0.4, 0.5) is 10.1 Å². The van der Waals surface area contributed by atoms with Crippen molar-refractivity contribution in [3.05, 3.63) is 65.1 Å². The fraction of sp³-hybridized carbons (Fsp3) is 0.222. The van der Waals surface area contributed by atoms with Crippen LogP contribution in [0.1, 0.15) is 18.9 Å². The molecule has 4 rings (SSSR count). The zero-order valence-corrected chi connectivity index (χ0v) is 13.8. The Kier molecular flexibility index (Phi) is 4.08. The zero-order chi connectivity index (χ0) is 18.1. The first-order valence-corrected chi connectivity index (χ1v) is 8.27. The summed E-state index contributed by atoms with van der Waals surface area (Å²) in [5.74, 6) is -0.277. The van der Waals surface area contributed by atoms with Gasteiger partial charge in [0.15, 0.2) is 5.82 Å². The maximum Gasteiger partial charge on any atom is 0.346 e. The zero-order valence-electron chi connectivity index (χ0n) is 13.8. The molecule has 1 aromatic carbocycles. The van der Waals surface area contributed by atoms with Gasteiger partial charge in [0, 0.05) is 29.7 Å². The highest BCUT2D eigenvalue weighted by Gasteiger charge is 2.30. The number of aromatic nitrogens is 4. The molecule has 0 aliphatic heterocycles. The third kappa shape index (κ3) is 3.26. The Labute approximate surface area is 148 Å². The van der Waals surface area contributed by atoms with E-state index in [1.54, 1.807) is 23.0 Å². The van der Waals surface area contributed by atoms with Gasteiger partial charge < -0.3 is 5.32 Å². The standard InChI is InChI=1S/C18H16FN5O2/c19-13-3-5-14(6-4-13)21-16(25)11-23-18(26)24(15-7-8-15)17(22-23)12-2-1-9-20-10-12/h1-6,9-10,15H,7-8,11H2,(H,21,25). The Morgan fingerprint density at radius 3 is 2.65 bits per heavy atom. The first kappa shape index (κ1) is 16.2. The summed E-state index contributed by atoms with van der Waals surface area (Å²) in [7, 11) is 0. The monoisotopic (exact) mass is 353 g/mol. The van der Waals surface area contributed by atoms with E-state index >= 15 is 0 Å². The smallest absolute Gasteiger partial charge is 0.324 e. The predicted octanol–water partition coefficient (Wildman–Crippen LogP) is 2.22. The molecule has 7 nitrogen and oxygen atoms in total. The number of hydrogen-bond acceptors (Lipinski definition) is 4. The molecule has 2 aromatic heterocycles. The van der Waals surface area contributed by atoms with E-state index in [-0.39, 0.29) is 24.1 Å². The van der Waals surface area contributed by atoms with Crippen LogP contribution >= 0.6 is 0 Å². The molecule has 0 saturated heterocycles. The molecule has 0 bridgehead atoms. The Balaban J connectivity index is 1.60. The summed E-state index contributed by atoms with van der Waals surface area (Å²) >= 11 is 0. The van der Waals surface area contributed by atoms with Crippen molar-refractivity contribution in [2.45, 2.75) is 25.4 Å². The van der Waals surface area contributed by atoms with Gasteiger partial charge in [-0.2, -0.15) is 0 Å². The van der Waals surface area contributed by atoms with E-state index in [1.807, 2.05) is 6.07 Å². The van der Waals surface area contributed by atoms with Crippen molar-refractivity contribution >= 4 is 11.6 Å². The van der Waals surface area contributed by atoms with Gasteiger partial charge in [0.2, 0.25) is 5.91 Å². The maximum absolute atomic E-state index is 12.9. The van der Waals surface area contributed by atoms with E-state index in [4.69, 9.17) is 0 Å². The lowest BCUT2D eigenvalue weighted by molar-refractivity contribution is -0.117. The minimum Gasteiger partial charge on any atom is -0.324 e. The number of hydrogen-bond donors (Lipinski definition) is 1. The summed E-state index contributed by atoms with van der Waals surface area (Å²) in [4.78, 5) is 29.0. The quantitative estimate of drug-likeness (QED) is 0.762. The summed E-state index contributed by atoms with van der Waals surface area (Å²) in [6, 6.07) is 9.15. The number of rotatable bonds is 5. The van der Waals surface area contributed by atoms with Crippen LogP contribution in [0.5, 0.6) is 0 Å². The number of pyridine rings is 1. The van der Waals surface area contributed by atoms with Crippen molar-refractivity contribution in [2.75, 3.05) is 5.32 Å². The van der Waals surface area contributed by atoms with E-state index in [1.165, 1.54) is 24.3 Å². The molecule has 1 saturated carbocycles. The van der Waals surface area contributed by atoms with Crippen LogP contribution in [0.3, 0.4) is 0 Å². The fourth-order valence-electron chi connectivity index (χ4n) is 2.75. The lowest BCUT2D eigenvalue weighted by atomic mass is 10.3. The molecule has 132 valence electrons. The van der Waals surface area contributed by atoms with Gasteiger partial charge in [-0.25, -0.2) is 13.9 Å². The molecular formula is C18H16FN5O2. The van der Waals surface area contributed by atoms with Crippen molar-refractivity contribution < 1.29 is 9.18 Å². The molecule has 1 N–H and O–H groups in total. The highest BCUT2D eigenvalue weighted by atomic mass is 19.1. The van der Waals surface area contributed by atoms with Gasteiger partial charge in [-0.15, -0.1) is 5.10 Å². The summed E-state index contributed by atoms with van der Waals surface area (Å²) in [5.41, 5.74) is 0.869. The number of amides is 1. The molecule has 3 aromatic rings. The summed E-state index contributed by atoms with van der Waals surface area (Å²) in [6.45, 7) is -0.219. The second-order valence-electron chi connectivity index (χ2n) is 6.16. The Morgan fingerprint density at radius 1 is 1.23 bits per heavy atom. The van der Waals surface area contributed by atoms with Crippen LogP contribution in [-0.2, 0) is 11.3 Å². The highest BCUT2D eigenvalue weighted by Crippen LogP contribution is 2.36. The van der Waals surface area contributed by atoms with Gasteiger partial charge in [0.25, 0.3) is 0 Å². The van der Waals surface area contributed by atoms with Crippen molar-refractivity contribution in [1.29, 1.82) is 0 Å². The number of carbonyl (C=O) groups is 1. The number of halogens is 1. The molecular weight excluding hydrogens is 337 g/mol.